The molecular formula is C48H80O10. The zero-order valence-electron chi connectivity index (χ0n) is 36.6. The molecule has 4 fully saturated rings. The molecule has 332 valence electrons. The molecule has 0 unspecified atom stereocenters. The summed E-state index contributed by atoms with van der Waals surface area (Å²) in [6, 6.07) is 0. The van der Waals surface area contributed by atoms with Gasteiger partial charge in [-0.25, -0.2) is 0 Å². The number of carbonyl (C=O) groups excluding carboxylic acids is 4. The number of ether oxygens (including phenoxy) is 2. The highest BCUT2D eigenvalue weighted by Crippen LogP contribution is 2.50. The first-order valence-corrected chi connectivity index (χ1v) is 23.1. The fraction of sp³-hybridized carbons (Fsp3) is 0.833. The van der Waals surface area contributed by atoms with E-state index in [1.54, 1.807) is 0 Å². The Morgan fingerprint density at radius 3 is 1.31 bits per heavy atom. The molecule has 0 aromatic rings. The fourth-order valence-electron chi connectivity index (χ4n) is 10.3. The summed E-state index contributed by atoms with van der Waals surface area (Å²) in [5.41, 5.74) is 0.180. The van der Waals surface area contributed by atoms with Crippen LogP contribution in [0.5, 0.6) is 0 Å². The van der Waals surface area contributed by atoms with E-state index in [2.05, 4.69) is 23.3 Å². The molecule has 4 saturated carbocycles. The quantitative estimate of drug-likeness (QED) is 0.0377. The van der Waals surface area contributed by atoms with E-state index in [1.165, 1.54) is 27.1 Å². The van der Waals surface area contributed by atoms with Gasteiger partial charge in [-0.05, 0) is 87.9 Å². The number of methoxy groups -OCH3 is 2. The molecule has 0 radical (unpaired) electrons. The average molecular weight is 817 g/mol. The van der Waals surface area contributed by atoms with Crippen molar-refractivity contribution >= 4 is 23.5 Å². The van der Waals surface area contributed by atoms with Gasteiger partial charge in [0.15, 0.2) is 0 Å². The molecule has 0 aliphatic heterocycles. The number of hydrogen-bond donors (Lipinski definition) is 4. The normalized spacial score (nSPS) is 27.2. The molecule has 4 aliphatic carbocycles. The highest BCUT2D eigenvalue weighted by Gasteiger charge is 2.44. The van der Waals surface area contributed by atoms with Crippen molar-refractivity contribution in [3.63, 3.8) is 0 Å². The Labute approximate surface area is 350 Å². The number of aliphatic hydroxyl groups is 4. The van der Waals surface area contributed by atoms with Crippen molar-refractivity contribution < 1.29 is 49.1 Å². The number of Topliss-reactive ketones (excluding diaryl/α,β-unsaturated/α-hetero) is 2. The van der Waals surface area contributed by atoms with Crippen LogP contribution >= 0.6 is 0 Å². The van der Waals surface area contributed by atoms with E-state index in [-0.39, 0.29) is 83.1 Å². The molecule has 10 nitrogen and oxygen atoms in total. The Morgan fingerprint density at radius 2 is 1.00 bits per heavy atom. The highest BCUT2D eigenvalue weighted by atomic mass is 16.5. The second-order valence-electron chi connectivity index (χ2n) is 18.2. The molecule has 0 aromatic heterocycles. The van der Waals surface area contributed by atoms with Gasteiger partial charge < -0.3 is 29.9 Å². The lowest BCUT2D eigenvalue weighted by Crippen LogP contribution is -2.41. The summed E-state index contributed by atoms with van der Waals surface area (Å²) >= 11 is 0. The highest BCUT2D eigenvalue weighted by molar-refractivity contribution is 5.85. The van der Waals surface area contributed by atoms with Crippen LogP contribution in [0.25, 0.3) is 0 Å². The Balaban J connectivity index is 0.000000310. The third-order valence-electron chi connectivity index (χ3n) is 14.3. The molecule has 0 saturated heterocycles. The summed E-state index contributed by atoms with van der Waals surface area (Å²) in [4.78, 5) is 46.9. The second-order valence-corrected chi connectivity index (χ2v) is 18.2. The van der Waals surface area contributed by atoms with E-state index in [0.29, 0.717) is 25.7 Å². The van der Waals surface area contributed by atoms with Crippen molar-refractivity contribution in [2.45, 2.75) is 205 Å². The number of esters is 2. The van der Waals surface area contributed by atoms with E-state index in [9.17, 15) is 39.6 Å². The zero-order valence-corrected chi connectivity index (χ0v) is 36.6. The van der Waals surface area contributed by atoms with Crippen LogP contribution in [0.15, 0.2) is 24.3 Å². The third kappa shape index (κ3) is 14.9. The second kappa shape index (κ2) is 26.0. The Bertz CT molecular complexity index is 1200. The van der Waals surface area contributed by atoms with Gasteiger partial charge in [0.05, 0.1) is 38.6 Å². The molecule has 8 atom stereocenters. The molecule has 0 spiro atoms. The summed E-state index contributed by atoms with van der Waals surface area (Å²) in [5, 5.41) is 42.0. The van der Waals surface area contributed by atoms with Crippen LogP contribution in [0.1, 0.15) is 181 Å². The van der Waals surface area contributed by atoms with Crippen LogP contribution in [-0.2, 0) is 28.7 Å². The van der Waals surface area contributed by atoms with Gasteiger partial charge in [0.25, 0.3) is 0 Å². The smallest absolute Gasteiger partial charge is 0.305 e. The average Bonchev–Trinajstić information content (AvgIpc) is 3.60. The summed E-state index contributed by atoms with van der Waals surface area (Å²) in [5.74, 6) is -0.531. The number of aliphatic hydroxyl groups excluding tert-OH is 4. The van der Waals surface area contributed by atoms with Gasteiger partial charge in [-0.3, -0.25) is 19.2 Å². The minimum absolute atomic E-state index is 0.0901. The van der Waals surface area contributed by atoms with Crippen LogP contribution in [-0.4, -0.2) is 82.6 Å². The Morgan fingerprint density at radius 1 is 0.638 bits per heavy atom. The first-order chi connectivity index (χ1) is 27.9. The van der Waals surface area contributed by atoms with Crippen LogP contribution in [0.4, 0.5) is 0 Å². The lowest BCUT2D eigenvalue weighted by molar-refractivity contribution is -0.141. The van der Waals surface area contributed by atoms with Crippen molar-refractivity contribution in [1.82, 2.24) is 0 Å². The summed E-state index contributed by atoms with van der Waals surface area (Å²) < 4.78 is 9.28. The fourth-order valence-corrected chi connectivity index (χ4v) is 10.3. The Hall–Kier alpha value is -2.40. The number of carbonyl (C=O) groups is 4. The molecule has 4 rings (SSSR count). The predicted molar refractivity (Wildman–Crippen MR) is 227 cm³/mol. The first kappa shape index (κ1) is 50.0. The van der Waals surface area contributed by atoms with Gasteiger partial charge in [-0.2, -0.15) is 0 Å². The minimum Gasteiger partial charge on any atom is -0.469 e. The third-order valence-corrected chi connectivity index (χ3v) is 14.3. The van der Waals surface area contributed by atoms with Crippen LogP contribution in [0.2, 0.25) is 0 Å². The van der Waals surface area contributed by atoms with Gasteiger partial charge in [0.2, 0.25) is 0 Å². The van der Waals surface area contributed by atoms with Crippen LogP contribution in [0, 0.1) is 34.5 Å². The lowest BCUT2D eigenvalue weighted by atomic mass is 9.62. The van der Waals surface area contributed by atoms with Crippen molar-refractivity contribution in [2.24, 2.45) is 34.5 Å². The molecule has 4 N–H and O–H groups in total. The molecule has 10 heteroatoms. The number of rotatable bonds is 26. The van der Waals surface area contributed by atoms with Gasteiger partial charge >= 0.3 is 11.9 Å². The van der Waals surface area contributed by atoms with E-state index in [0.717, 1.165) is 116 Å². The monoisotopic (exact) mass is 817 g/mol. The van der Waals surface area contributed by atoms with Crippen molar-refractivity contribution in [3.05, 3.63) is 24.3 Å². The van der Waals surface area contributed by atoms with Gasteiger partial charge in [0.1, 0.15) is 11.6 Å². The minimum atomic E-state index is -0.603. The molecule has 58 heavy (non-hydrogen) atoms. The zero-order chi connectivity index (χ0) is 42.6. The van der Waals surface area contributed by atoms with Crippen molar-refractivity contribution in [3.8, 4) is 0 Å². The van der Waals surface area contributed by atoms with Crippen LogP contribution < -0.4 is 0 Å². The van der Waals surface area contributed by atoms with E-state index in [4.69, 9.17) is 0 Å². The van der Waals surface area contributed by atoms with Crippen LogP contribution in [0.3, 0.4) is 0 Å². The van der Waals surface area contributed by atoms with Gasteiger partial charge in [-0.15, -0.1) is 0 Å². The maximum atomic E-state index is 12.3. The van der Waals surface area contributed by atoms with Gasteiger partial charge in [0, 0.05) is 49.4 Å². The molecule has 0 amide bonds. The SMILES string of the molecule is CCCC1([C@H](O)C/C=C/[C@H]2[C@H](O)CC(=O)[C@@H]2CCCCCCC(=O)OC)CCC1.CCCC1([C@H](O)C/C=C/[C@H]2[C@H](O)CC(=O)[C@@H]2CCCCCCC(=O)OC)CCC1. The van der Waals surface area contributed by atoms with E-state index >= 15 is 0 Å². The molecule has 4 aliphatic rings. The number of hydrogen-bond acceptors (Lipinski definition) is 10. The largest absolute Gasteiger partial charge is 0.469 e. The number of unbranched alkanes of at least 4 members (excludes halogenated alkanes) is 6. The standard InChI is InChI=1S/2C24H40O5/c2*1-3-14-24(15-9-16-24)22(27)12-8-11-19-18(20(25)17-21(19)26)10-6-4-5-7-13-23(28)29-2/h2*8,11,18-19,21-22,26-27H,3-7,9-10,12-17H2,1-2H3/b2*11-8+/t2*18-,19-,21-,22-/m11/s1. The topological polar surface area (TPSA) is 168 Å². The first-order valence-electron chi connectivity index (χ1n) is 23.1. The van der Waals surface area contributed by atoms with Gasteiger partial charge in [-0.1, -0.05) is 102 Å². The van der Waals surface area contributed by atoms with Crippen molar-refractivity contribution in [1.29, 1.82) is 0 Å². The molecular weight excluding hydrogens is 737 g/mol. The summed E-state index contributed by atoms with van der Waals surface area (Å²) in [7, 11) is 2.81. The van der Waals surface area contributed by atoms with E-state index in [1.807, 2.05) is 24.3 Å². The Kier molecular flexibility index (Phi) is 22.4. The van der Waals surface area contributed by atoms with Crippen molar-refractivity contribution in [2.75, 3.05) is 14.2 Å². The molecule has 0 bridgehead atoms. The summed E-state index contributed by atoms with van der Waals surface area (Å²) in [6.45, 7) is 4.34. The molecule has 0 aromatic carbocycles. The summed E-state index contributed by atoms with van der Waals surface area (Å²) in [6.07, 6.45) is 28.8. The maximum absolute atomic E-state index is 12.3. The predicted octanol–water partition coefficient (Wildman–Crippen LogP) is 8.69. The van der Waals surface area contributed by atoms with E-state index < -0.39 is 12.2 Å². The maximum Gasteiger partial charge on any atom is 0.305 e. The number of ketones is 2. The molecule has 0 heterocycles. The lowest BCUT2D eigenvalue weighted by Gasteiger charge is -2.45.